The van der Waals surface area contributed by atoms with Crippen LogP contribution in [-0.4, -0.2) is 30.5 Å². The van der Waals surface area contributed by atoms with Crippen LogP contribution in [0.3, 0.4) is 0 Å². The summed E-state index contributed by atoms with van der Waals surface area (Å²) in [6.45, 7) is 7.43. The van der Waals surface area contributed by atoms with Crippen molar-refractivity contribution in [2.75, 3.05) is 19.7 Å². The molecule has 118 valence electrons. The third kappa shape index (κ3) is 3.41. The Morgan fingerprint density at radius 2 is 2.00 bits per heavy atom. The largest absolute Gasteiger partial charge is 0.494 e. The molecule has 1 fully saturated rings. The van der Waals surface area contributed by atoms with E-state index in [1.807, 2.05) is 30.0 Å². The molecule has 2 rings (SSSR count). The lowest BCUT2D eigenvalue weighted by Crippen LogP contribution is -2.44. The fourth-order valence-corrected chi connectivity index (χ4v) is 2.94. The van der Waals surface area contributed by atoms with E-state index < -0.39 is 5.41 Å². The number of hydrogen-bond donors (Lipinski definition) is 0. The van der Waals surface area contributed by atoms with E-state index in [0.29, 0.717) is 25.6 Å². The SMILES string of the molecule is CCOc1ccccc1C1CCN(C(=O)C(C)(C)C#N)CC1. The van der Waals surface area contributed by atoms with Gasteiger partial charge in [0.25, 0.3) is 0 Å². The molecule has 0 aromatic heterocycles. The Balaban J connectivity index is 2.04. The van der Waals surface area contributed by atoms with Crippen molar-refractivity contribution in [1.29, 1.82) is 5.26 Å². The summed E-state index contributed by atoms with van der Waals surface area (Å²) in [6, 6.07) is 10.2. The lowest BCUT2D eigenvalue weighted by atomic mass is 9.87. The molecule has 0 N–H and O–H groups in total. The van der Waals surface area contributed by atoms with Crippen LogP contribution in [0.25, 0.3) is 0 Å². The maximum Gasteiger partial charge on any atom is 0.242 e. The number of ether oxygens (including phenoxy) is 1. The molecule has 1 aromatic carbocycles. The average molecular weight is 300 g/mol. The van der Waals surface area contributed by atoms with E-state index >= 15 is 0 Å². The van der Waals surface area contributed by atoms with Crippen LogP contribution in [-0.2, 0) is 4.79 Å². The van der Waals surface area contributed by atoms with Gasteiger partial charge in [0.1, 0.15) is 11.2 Å². The Morgan fingerprint density at radius 3 is 2.59 bits per heavy atom. The number of carbonyl (C=O) groups is 1. The van der Waals surface area contributed by atoms with Gasteiger partial charge in [-0.2, -0.15) is 5.26 Å². The van der Waals surface area contributed by atoms with Gasteiger partial charge in [0.2, 0.25) is 5.91 Å². The van der Waals surface area contributed by atoms with Crippen molar-refractivity contribution in [2.24, 2.45) is 5.41 Å². The molecule has 0 bridgehead atoms. The first-order chi connectivity index (χ1) is 10.5. The van der Waals surface area contributed by atoms with Gasteiger partial charge in [0, 0.05) is 13.1 Å². The van der Waals surface area contributed by atoms with Gasteiger partial charge in [0.05, 0.1) is 12.7 Å². The standard InChI is InChI=1S/C18H24N2O2/c1-4-22-16-8-6-5-7-15(16)14-9-11-20(12-10-14)17(21)18(2,3)13-19/h5-8,14H,4,9-12H2,1-3H3. The Labute approximate surface area is 132 Å². The molecule has 1 heterocycles. The van der Waals surface area contributed by atoms with Crippen LogP contribution in [0.1, 0.15) is 45.1 Å². The molecule has 1 aliphatic rings. The summed E-state index contributed by atoms with van der Waals surface area (Å²) < 4.78 is 5.71. The fourth-order valence-electron chi connectivity index (χ4n) is 2.94. The summed E-state index contributed by atoms with van der Waals surface area (Å²) >= 11 is 0. The van der Waals surface area contributed by atoms with Gasteiger partial charge in [-0.25, -0.2) is 0 Å². The number of nitrogens with zero attached hydrogens (tertiary/aromatic N) is 2. The summed E-state index contributed by atoms with van der Waals surface area (Å²) in [7, 11) is 0. The second-order valence-electron chi connectivity index (χ2n) is 6.27. The zero-order valence-corrected chi connectivity index (χ0v) is 13.6. The molecule has 0 unspecified atom stereocenters. The smallest absolute Gasteiger partial charge is 0.242 e. The first kappa shape index (κ1) is 16.4. The van der Waals surface area contributed by atoms with E-state index in [4.69, 9.17) is 10.00 Å². The minimum Gasteiger partial charge on any atom is -0.494 e. The first-order valence-corrected chi connectivity index (χ1v) is 7.92. The molecule has 0 aliphatic carbocycles. The van der Waals surface area contributed by atoms with Gasteiger partial charge in [0.15, 0.2) is 0 Å². The highest BCUT2D eigenvalue weighted by Crippen LogP contribution is 2.35. The molecule has 1 aromatic rings. The Morgan fingerprint density at radius 1 is 1.36 bits per heavy atom. The van der Waals surface area contributed by atoms with Gasteiger partial charge >= 0.3 is 0 Å². The van der Waals surface area contributed by atoms with Crippen molar-refractivity contribution in [3.05, 3.63) is 29.8 Å². The van der Waals surface area contributed by atoms with Crippen LogP contribution in [0.15, 0.2) is 24.3 Å². The predicted octanol–water partition coefficient (Wildman–Crippen LogP) is 3.34. The van der Waals surface area contributed by atoms with E-state index in [1.165, 1.54) is 5.56 Å². The maximum absolute atomic E-state index is 12.3. The highest BCUT2D eigenvalue weighted by atomic mass is 16.5. The zero-order chi connectivity index (χ0) is 16.2. The monoisotopic (exact) mass is 300 g/mol. The van der Waals surface area contributed by atoms with Crippen molar-refractivity contribution in [2.45, 2.75) is 39.5 Å². The molecular formula is C18H24N2O2. The van der Waals surface area contributed by atoms with Crippen molar-refractivity contribution < 1.29 is 9.53 Å². The average Bonchev–Trinajstić information content (AvgIpc) is 2.55. The van der Waals surface area contributed by atoms with Crippen molar-refractivity contribution in [1.82, 2.24) is 4.90 Å². The van der Waals surface area contributed by atoms with Gasteiger partial charge < -0.3 is 9.64 Å². The van der Waals surface area contributed by atoms with Crippen molar-refractivity contribution >= 4 is 5.91 Å². The van der Waals surface area contributed by atoms with Gasteiger partial charge in [-0.05, 0) is 51.2 Å². The highest BCUT2D eigenvalue weighted by molar-refractivity contribution is 5.84. The first-order valence-electron chi connectivity index (χ1n) is 7.92. The molecule has 4 heteroatoms. The van der Waals surface area contributed by atoms with Crippen LogP contribution < -0.4 is 4.74 Å². The molecule has 0 radical (unpaired) electrons. The minimum absolute atomic E-state index is 0.0634. The number of likely N-dealkylation sites (tertiary alicyclic amines) is 1. The van der Waals surface area contributed by atoms with E-state index in [-0.39, 0.29) is 5.91 Å². The van der Waals surface area contributed by atoms with Gasteiger partial charge in [-0.15, -0.1) is 0 Å². The Hall–Kier alpha value is -2.02. The van der Waals surface area contributed by atoms with Gasteiger partial charge in [-0.1, -0.05) is 18.2 Å². The number of hydrogen-bond acceptors (Lipinski definition) is 3. The Bertz CT molecular complexity index is 567. The van der Waals surface area contributed by atoms with Crippen LogP contribution in [0.4, 0.5) is 0 Å². The third-order valence-electron chi connectivity index (χ3n) is 4.26. The number of benzene rings is 1. The van der Waals surface area contributed by atoms with Crippen molar-refractivity contribution in [3.8, 4) is 11.8 Å². The lowest BCUT2D eigenvalue weighted by molar-refractivity contribution is -0.138. The number of amides is 1. The van der Waals surface area contributed by atoms with Crippen LogP contribution in [0.2, 0.25) is 0 Å². The van der Waals surface area contributed by atoms with Gasteiger partial charge in [-0.3, -0.25) is 4.79 Å². The van der Waals surface area contributed by atoms with Crippen LogP contribution >= 0.6 is 0 Å². The number of carbonyl (C=O) groups excluding carboxylic acids is 1. The van der Waals surface area contributed by atoms with E-state index in [2.05, 4.69) is 12.1 Å². The summed E-state index contributed by atoms with van der Waals surface area (Å²) in [6.07, 6.45) is 1.83. The van der Waals surface area contributed by atoms with E-state index in [1.54, 1.807) is 13.8 Å². The number of nitriles is 1. The molecule has 22 heavy (non-hydrogen) atoms. The maximum atomic E-state index is 12.3. The quantitative estimate of drug-likeness (QED) is 0.857. The Kier molecular flexibility index (Phi) is 5.07. The predicted molar refractivity (Wildman–Crippen MR) is 85.6 cm³/mol. The topological polar surface area (TPSA) is 53.3 Å². The zero-order valence-electron chi connectivity index (χ0n) is 13.6. The molecule has 1 aliphatic heterocycles. The van der Waals surface area contributed by atoms with Crippen LogP contribution in [0, 0.1) is 16.7 Å². The summed E-state index contributed by atoms with van der Waals surface area (Å²) in [5.41, 5.74) is 0.298. The second-order valence-corrected chi connectivity index (χ2v) is 6.27. The molecule has 4 nitrogen and oxygen atoms in total. The highest BCUT2D eigenvalue weighted by Gasteiger charge is 2.34. The summed E-state index contributed by atoms with van der Waals surface area (Å²) in [4.78, 5) is 14.2. The number of rotatable bonds is 4. The third-order valence-corrected chi connectivity index (χ3v) is 4.26. The van der Waals surface area contributed by atoms with E-state index in [9.17, 15) is 4.79 Å². The van der Waals surface area contributed by atoms with Crippen molar-refractivity contribution in [3.63, 3.8) is 0 Å². The van der Waals surface area contributed by atoms with Crippen LogP contribution in [0.5, 0.6) is 5.75 Å². The molecule has 1 amide bonds. The molecular weight excluding hydrogens is 276 g/mol. The molecule has 0 saturated carbocycles. The van der Waals surface area contributed by atoms with E-state index in [0.717, 1.165) is 18.6 Å². The normalized spacial score (nSPS) is 16.2. The lowest BCUT2D eigenvalue weighted by Gasteiger charge is -2.35. The number of para-hydroxylation sites is 1. The molecule has 0 spiro atoms. The number of piperidine rings is 1. The summed E-state index contributed by atoms with van der Waals surface area (Å²) in [5, 5.41) is 9.11. The fraction of sp³-hybridized carbons (Fsp3) is 0.556. The molecule has 0 atom stereocenters. The molecule has 1 saturated heterocycles. The summed E-state index contributed by atoms with van der Waals surface area (Å²) in [5.74, 6) is 1.30. The minimum atomic E-state index is -0.934. The second kappa shape index (κ2) is 6.83.